The molecule has 1 aromatic carbocycles. The van der Waals surface area contributed by atoms with E-state index in [1.807, 2.05) is 25.1 Å². The summed E-state index contributed by atoms with van der Waals surface area (Å²) in [6.07, 6.45) is 1.04. The molecule has 1 aromatic rings. The first-order valence-corrected chi connectivity index (χ1v) is 7.34. The summed E-state index contributed by atoms with van der Waals surface area (Å²) in [5, 5.41) is 2.86. The third-order valence-corrected chi connectivity index (χ3v) is 3.12. The number of ether oxygens (including phenoxy) is 1. The molecule has 0 aromatic heterocycles. The maximum absolute atomic E-state index is 12.2. The van der Waals surface area contributed by atoms with Gasteiger partial charge in [0.2, 0.25) is 0 Å². The number of carbonyl (C=O) groups excluding carboxylic acids is 1. The van der Waals surface area contributed by atoms with Gasteiger partial charge in [0, 0.05) is 38.6 Å². The topological polar surface area (TPSA) is 67.6 Å². The van der Waals surface area contributed by atoms with Crippen molar-refractivity contribution in [2.75, 3.05) is 44.5 Å². The summed E-state index contributed by atoms with van der Waals surface area (Å²) in [5.41, 5.74) is 7.78. The number of benzene rings is 1. The fourth-order valence-corrected chi connectivity index (χ4v) is 1.88. The standard InChI is InChI=1S/C16H27N3O2/c1-12(2)7-9-21-10-8-18-16(20)14-11-13(17)5-6-15(14)19(3)4/h5-6,11-12H,7-10,17H2,1-4H3,(H,18,20). The molecular weight excluding hydrogens is 266 g/mol. The van der Waals surface area contributed by atoms with Gasteiger partial charge in [-0.3, -0.25) is 4.79 Å². The van der Waals surface area contributed by atoms with Crippen LogP contribution in [0.4, 0.5) is 11.4 Å². The van der Waals surface area contributed by atoms with Crippen LogP contribution in [-0.2, 0) is 4.74 Å². The number of anilines is 2. The van der Waals surface area contributed by atoms with Gasteiger partial charge in [-0.2, -0.15) is 0 Å². The van der Waals surface area contributed by atoms with Crippen molar-refractivity contribution in [2.24, 2.45) is 5.92 Å². The van der Waals surface area contributed by atoms with Crippen LogP contribution in [0.2, 0.25) is 0 Å². The van der Waals surface area contributed by atoms with Gasteiger partial charge in [-0.15, -0.1) is 0 Å². The number of nitrogens with two attached hydrogens (primary N) is 1. The summed E-state index contributed by atoms with van der Waals surface area (Å²) in [4.78, 5) is 14.1. The van der Waals surface area contributed by atoms with E-state index in [0.29, 0.717) is 30.3 Å². The minimum Gasteiger partial charge on any atom is -0.399 e. The van der Waals surface area contributed by atoms with Gasteiger partial charge in [0.25, 0.3) is 5.91 Å². The number of nitrogen functional groups attached to an aromatic ring is 1. The highest BCUT2D eigenvalue weighted by molar-refractivity contribution is 6.00. The monoisotopic (exact) mass is 293 g/mol. The smallest absolute Gasteiger partial charge is 0.253 e. The number of hydrogen-bond donors (Lipinski definition) is 2. The summed E-state index contributed by atoms with van der Waals surface area (Å²) in [6, 6.07) is 5.34. The van der Waals surface area contributed by atoms with E-state index in [9.17, 15) is 4.79 Å². The molecule has 3 N–H and O–H groups in total. The molecule has 0 aliphatic carbocycles. The molecule has 21 heavy (non-hydrogen) atoms. The zero-order valence-electron chi connectivity index (χ0n) is 13.5. The van der Waals surface area contributed by atoms with Crippen molar-refractivity contribution in [1.82, 2.24) is 5.32 Å². The second kappa shape index (κ2) is 8.52. The Morgan fingerprint density at radius 2 is 2.05 bits per heavy atom. The molecule has 0 saturated carbocycles. The third-order valence-electron chi connectivity index (χ3n) is 3.12. The molecule has 0 spiro atoms. The molecule has 0 fully saturated rings. The van der Waals surface area contributed by atoms with E-state index in [4.69, 9.17) is 10.5 Å². The lowest BCUT2D eigenvalue weighted by molar-refractivity contribution is 0.0906. The number of carbonyl (C=O) groups is 1. The highest BCUT2D eigenvalue weighted by atomic mass is 16.5. The van der Waals surface area contributed by atoms with Gasteiger partial charge in [0.1, 0.15) is 0 Å². The maximum Gasteiger partial charge on any atom is 0.253 e. The molecule has 0 atom stereocenters. The summed E-state index contributed by atoms with van der Waals surface area (Å²) >= 11 is 0. The van der Waals surface area contributed by atoms with Gasteiger partial charge in [0.05, 0.1) is 12.2 Å². The molecule has 0 aliphatic rings. The van der Waals surface area contributed by atoms with Gasteiger partial charge >= 0.3 is 0 Å². The van der Waals surface area contributed by atoms with Gasteiger partial charge in [-0.05, 0) is 30.5 Å². The minimum atomic E-state index is -0.126. The van der Waals surface area contributed by atoms with Crippen LogP contribution in [0.1, 0.15) is 30.6 Å². The number of nitrogens with one attached hydrogen (secondary N) is 1. The van der Waals surface area contributed by atoms with Crippen molar-refractivity contribution in [3.63, 3.8) is 0 Å². The van der Waals surface area contributed by atoms with Crippen LogP contribution in [0.3, 0.4) is 0 Å². The Bertz CT molecular complexity index is 459. The van der Waals surface area contributed by atoms with Crippen molar-refractivity contribution < 1.29 is 9.53 Å². The van der Waals surface area contributed by atoms with E-state index in [2.05, 4.69) is 19.2 Å². The van der Waals surface area contributed by atoms with Crippen LogP contribution in [0.5, 0.6) is 0 Å². The molecule has 0 radical (unpaired) electrons. The van der Waals surface area contributed by atoms with Gasteiger partial charge in [0.15, 0.2) is 0 Å². The SMILES string of the molecule is CC(C)CCOCCNC(=O)c1cc(N)ccc1N(C)C. The Morgan fingerprint density at radius 3 is 2.67 bits per heavy atom. The molecule has 1 rings (SSSR count). The molecule has 1 amide bonds. The Hall–Kier alpha value is -1.75. The van der Waals surface area contributed by atoms with E-state index in [1.165, 1.54) is 0 Å². The Labute approximate surface area is 127 Å². The normalized spacial score (nSPS) is 10.7. The first-order valence-electron chi connectivity index (χ1n) is 7.34. The molecule has 0 aliphatic heterocycles. The molecule has 5 heteroatoms. The summed E-state index contributed by atoms with van der Waals surface area (Å²) in [6.45, 7) is 6.08. The zero-order chi connectivity index (χ0) is 15.8. The second-order valence-electron chi connectivity index (χ2n) is 5.72. The Morgan fingerprint density at radius 1 is 1.33 bits per heavy atom. The van der Waals surface area contributed by atoms with Crippen LogP contribution in [0.15, 0.2) is 18.2 Å². The number of hydrogen-bond acceptors (Lipinski definition) is 4. The van der Waals surface area contributed by atoms with Crippen molar-refractivity contribution in [3.05, 3.63) is 23.8 Å². The van der Waals surface area contributed by atoms with Gasteiger partial charge < -0.3 is 20.7 Å². The summed E-state index contributed by atoms with van der Waals surface area (Å²) in [5.74, 6) is 0.507. The molecule has 0 saturated heterocycles. The Kier molecular flexibility index (Phi) is 7.02. The van der Waals surface area contributed by atoms with Crippen molar-refractivity contribution in [2.45, 2.75) is 20.3 Å². The average Bonchev–Trinajstić information content (AvgIpc) is 2.41. The molecule has 0 unspecified atom stereocenters. The van der Waals surface area contributed by atoms with E-state index in [-0.39, 0.29) is 5.91 Å². The third kappa shape index (κ3) is 6.04. The number of amides is 1. The molecule has 118 valence electrons. The molecule has 0 bridgehead atoms. The second-order valence-corrected chi connectivity index (χ2v) is 5.72. The quantitative estimate of drug-likeness (QED) is 0.569. The predicted molar refractivity (Wildman–Crippen MR) is 87.8 cm³/mol. The Balaban J connectivity index is 2.47. The lowest BCUT2D eigenvalue weighted by Gasteiger charge is -2.17. The zero-order valence-corrected chi connectivity index (χ0v) is 13.5. The van der Waals surface area contributed by atoms with Crippen LogP contribution >= 0.6 is 0 Å². The minimum absolute atomic E-state index is 0.126. The first kappa shape index (κ1) is 17.3. The van der Waals surface area contributed by atoms with E-state index >= 15 is 0 Å². The van der Waals surface area contributed by atoms with Crippen molar-refractivity contribution >= 4 is 17.3 Å². The molecule has 0 heterocycles. The largest absolute Gasteiger partial charge is 0.399 e. The van der Waals surface area contributed by atoms with E-state index in [1.54, 1.807) is 12.1 Å². The van der Waals surface area contributed by atoms with Crippen molar-refractivity contribution in [1.29, 1.82) is 0 Å². The van der Waals surface area contributed by atoms with Crippen LogP contribution < -0.4 is 16.0 Å². The molecule has 5 nitrogen and oxygen atoms in total. The fraction of sp³-hybridized carbons (Fsp3) is 0.562. The summed E-state index contributed by atoms with van der Waals surface area (Å²) < 4.78 is 5.48. The molecular formula is C16H27N3O2. The predicted octanol–water partition coefficient (Wildman–Crippen LogP) is 2.13. The number of rotatable bonds is 8. The summed E-state index contributed by atoms with van der Waals surface area (Å²) in [7, 11) is 3.80. The highest BCUT2D eigenvalue weighted by Crippen LogP contribution is 2.21. The van der Waals surface area contributed by atoms with Crippen LogP contribution in [0, 0.1) is 5.92 Å². The number of nitrogens with zero attached hydrogens (tertiary/aromatic N) is 1. The first-order chi connectivity index (χ1) is 9.91. The fourth-order valence-electron chi connectivity index (χ4n) is 1.88. The van der Waals surface area contributed by atoms with Crippen LogP contribution in [0.25, 0.3) is 0 Å². The average molecular weight is 293 g/mol. The van der Waals surface area contributed by atoms with E-state index < -0.39 is 0 Å². The lowest BCUT2D eigenvalue weighted by atomic mass is 10.1. The van der Waals surface area contributed by atoms with Crippen molar-refractivity contribution in [3.8, 4) is 0 Å². The lowest BCUT2D eigenvalue weighted by Crippen LogP contribution is -2.29. The van der Waals surface area contributed by atoms with Gasteiger partial charge in [-0.1, -0.05) is 13.8 Å². The van der Waals surface area contributed by atoms with E-state index in [0.717, 1.165) is 18.7 Å². The highest BCUT2D eigenvalue weighted by Gasteiger charge is 2.12. The maximum atomic E-state index is 12.2. The van der Waals surface area contributed by atoms with Crippen LogP contribution in [-0.4, -0.2) is 39.8 Å². The van der Waals surface area contributed by atoms with Gasteiger partial charge in [-0.25, -0.2) is 0 Å².